The van der Waals surface area contributed by atoms with E-state index in [0.717, 1.165) is 12.5 Å². The van der Waals surface area contributed by atoms with E-state index < -0.39 is 18.2 Å². The Labute approximate surface area is 211 Å². The number of carbonyl (C=O) groups excluding carboxylic acids is 1. The average Bonchev–Trinajstić information content (AvgIpc) is 3.33. The lowest BCUT2D eigenvalue weighted by atomic mass is 10.1. The van der Waals surface area contributed by atoms with Gasteiger partial charge in [0, 0.05) is 61.1 Å². The quantitative estimate of drug-likeness (QED) is 0.574. The van der Waals surface area contributed by atoms with Gasteiger partial charge >= 0.3 is 6.18 Å². The van der Waals surface area contributed by atoms with Crippen LogP contribution in [0, 0.1) is 0 Å². The van der Waals surface area contributed by atoms with Gasteiger partial charge in [0.05, 0.1) is 5.35 Å². The molecule has 2 fully saturated rings. The Hall–Kier alpha value is -2.72. The molecule has 36 heavy (non-hydrogen) atoms. The third kappa shape index (κ3) is 5.81. The number of nitrogens with zero attached hydrogens (tertiary/aromatic N) is 5. The molecule has 0 aliphatic carbocycles. The normalized spacial score (nSPS) is 21.4. The predicted octanol–water partition coefficient (Wildman–Crippen LogP) is 3.12. The second-order valence-electron chi connectivity index (χ2n) is 9.02. The Balaban J connectivity index is 1.48. The molecular formula is C25H28ClF4N5O. The molecule has 2 aromatic rings. The molecule has 1 amide bonds. The molecule has 2 aliphatic rings. The third-order valence-electron chi connectivity index (χ3n) is 6.56. The smallest absolute Gasteiger partial charge is 0.354 e. The molecular weight excluding hydrogens is 498 g/mol. The highest BCUT2D eigenvalue weighted by molar-refractivity contribution is 6.30. The van der Waals surface area contributed by atoms with E-state index in [9.17, 15) is 22.4 Å². The maximum atomic E-state index is 13.7. The zero-order valence-electron chi connectivity index (χ0n) is 20.1. The monoisotopic (exact) mass is 525 g/mol. The number of carbonyl (C=O) groups is 1. The van der Waals surface area contributed by atoms with Crippen molar-refractivity contribution in [3.05, 3.63) is 51.2 Å². The van der Waals surface area contributed by atoms with Crippen LogP contribution >= 0.6 is 11.6 Å². The highest BCUT2D eigenvalue weighted by Crippen LogP contribution is 2.27. The number of rotatable bonds is 4. The average molecular weight is 526 g/mol. The van der Waals surface area contributed by atoms with Crippen LogP contribution in [0.15, 0.2) is 24.3 Å². The first-order chi connectivity index (χ1) is 17.1. The molecule has 11 heteroatoms. The van der Waals surface area contributed by atoms with Crippen LogP contribution in [-0.4, -0.2) is 77.2 Å². The number of alkyl halides is 4. The van der Waals surface area contributed by atoms with Gasteiger partial charge < -0.3 is 9.80 Å². The molecule has 1 aromatic heterocycles. The molecule has 2 aliphatic heterocycles. The van der Waals surface area contributed by atoms with Crippen LogP contribution in [0.3, 0.4) is 0 Å². The van der Waals surface area contributed by atoms with E-state index in [1.54, 1.807) is 42.2 Å². The minimum absolute atomic E-state index is 0.0472. The summed E-state index contributed by atoms with van der Waals surface area (Å²) >= 11 is 5.91. The number of anilines is 1. The maximum absolute atomic E-state index is 13.7. The van der Waals surface area contributed by atoms with Crippen LogP contribution in [0.25, 0.3) is 12.2 Å². The van der Waals surface area contributed by atoms with Crippen LogP contribution in [0.1, 0.15) is 36.5 Å². The van der Waals surface area contributed by atoms with Gasteiger partial charge in [-0.25, -0.2) is 14.4 Å². The second kappa shape index (κ2) is 10.7. The number of hydrogen-bond acceptors (Lipinski definition) is 5. The Morgan fingerprint density at radius 2 is 1.78 bits per heavy atom. The molecule has 3 heterocycles. The SMILES string of the molecule is C/C=c1/c(N2CC[C@@H](N3CCN(C(=O)c4ccc(Cl)cc4)CC3)C2)nc(C(F)(F)F)n/c1=C/C(C)F. The van der Waals surface area contributed by atoms with Crippen molar-refractivity contribution in [2.75, 3.05) is 44.2 Å². The summed E-state index contributed by atoms with van der Waals surface area (Å²) in [6.45, 7) is 6.40. The van der Waals surface area contributed by atoms with E-state index in [1.165, 1.54) is 6.92 Å². The minimum Gasteiger partial charge on any atom is -0.354 e. The van der Waals surface area contributed by atoms with E-state index in [4.69, 9.17) is 11.6 Å². The standard InChI is InChI=1S/C25H28ClF4N5O/c1-3-20-21(14-16(2)27)31-24(25(28,29)30)32-22(20)35-9-8-19(15-35)33-10-12-34(13-11-33)23(36)17-4-6-18(26)7-5-17/h3-7,14,16,19H,8-13,15H2,1-2H3/b20-3+,21-14+/t16?,19-/m1/s1. The Morgan fingerprint density at radius 3 is 2.36 bits per heavy atom. The minimum atomic E-state index is -4.74. The first-order valence-corrected chi connectivity index (χ1v) is 12.3. The van der Waals surface area contributed by atoms with Crippen LogP contribution in [-0.2, 0) is 6.18 Å². The van der Waals surface area contributed by atoms with Crippen molar-refractivity contribution in [1.29, 1.82) is 0 Å². The van der Waals surface area contributed by atoms with E-state index >= 15 is 0 Å². The van der Waals surface area contributed by atoms with E-state index in [0.29, 0.717) is 55.1 Å². The van der Waals surface area contributed by atoms with Crippen molar-refractivity contribution >= 4 is 35.5 Å². The van der Waals surface area contributed by atoms with E-state index in [1.807, 2.05) is 4.90 Å². The fourth-order valence-corrected chi connectivity index (χ4v) is 4.89. The van der Waals surface area contributed by atoms with Crippen LogP contribution < -0.4 is 15.5 Å². The van der Waals surface area contributed by atoms with E-state index in [2.05, 4.69) is 14.9 Å². The molecule has 0 spiro atoms. The molecule has 0 bridgehead atoms. The molecule has 1 aromatic carbocycles. The number of hydrogen-bond donors (Lipinski definition) is 0. The highest BCUT2D eigenvalue weighted by atomic mass is 35.5. The van der Waals surface area contributed by atoms with Crippen LogP contribution in [0.2, 0.25) is 5.02 Å². The summed E-state index contributed by atoms with van der Waals surface area (Å²) in [5.41, 5.74) is 0.586. The van der Waals surface area contributed by atoms with Crippen molar-refractivity contribution in [3.63, 3.8) is 0 Å². The highest BCUT2D eigenvalue weighted by Gasteiger charge is 2.37. The van der Waals surface area contributed by atoms with Crippen molar-refractivity contribution in [2.24, 2.45) is 0 Å². The van der Waals surface area contributed by atoms with Crippen molar-refractivity contribution < 1.29 is 22.4 Å². The summed E-state index contributed by atoms with van der Waals surface area (Å²) < 4.78 is 54.2. The lowest BCUT2D eigenvalue weighted by Crippen LogP contribution is -2.52. The van der Waals surface area contributed by atoms with Crippen molar-refractivity contribution in [3.8, 4) is 0 Å². The number of halogens is 5. The van der Waals surface area contributed by atoms with Gasteiger partial charge in [-0.2, -0.15) is 13.2 Å². The number of piperazine rings is 1. The third-order valence-corrected chi connectivity index (χ3v) is 6.81. The predicted molar refractivity (Wildman–Crippen MR) is 131 cm³/mol. The van der Waals surface area contributed by atoms with E-state index in [-0.39, 0.29) is 23.1 Å². The fourth-order valence-electron chi connectivity index (χ4n) is 4.76. The van der Waals surface area contributed by atoms with Crippen LogP contribution in [0.4, 0.5) is 23.4 Å². The summed E-state index contributed by atoms with van der Waals surface area (Å²) in [4.78, 5) is 26.1. The molecule has 0 N–H and O–H groups in total. The lowest BCUT2D eigenvalue weighted by Gasteiger charge is -2.38. The number of aromatic nitrogens is 2. The first-order valence-electron chi connectivity index (χ1n) is 11.9. The van der Waals surface area contributed by atoms with Gasteiger partial charge in [-0.1, -0.05) is 17.7 Å². The van der Waals surface area contributed by atoms with Gasteiger partial charge in [0.15, 0.2) is 0 Å². The van der Waals surface area contributed by atoms with Crippen molar-refractivity contribution in [2.45, 2.75) is 38.7 Å². The van der Waals surface area contributed by atoms with Gasteiger partial charge in [-0.15, -0.1) is 0 Å². The van der Waals surface area contributed by atoms with Gasteiger partial charge in [0.2, 0.25) is 5.82 Å². The molecule has 6 nitrogen and oxygen atoms in total. The van der Waals surface area contributed by atoms with Crippen LogP contribution in [0.5, 0.6) is 0 Å². The zero-order valence-corrected chi connectivity index (χ0v) is 20.9. The molecule has 0 radical (unpaired) electrons. The molecule has 0 saturated carbocycles. The van der Waals surface area contributed by atoms with Gasteiger partial charge in [0.25, 0.3) is 5.91 Å². The molecule has 4 rings (SSSR count). The Morgan fingerprint density at radius 1 is 1.11 bits per heavy atom. The maximum Gasteiger partial charge on any atom is 0.451 e. The molecule has 1 unspecified atom stereocenters. The zero-order chi connectivity index (χ0) is 26.0. The number of amides is 1. The summed E-state index contributed by atoms with van der Waals surface area (Å²) in [5.74, 6) is -1.15. The summed E-state index contributed by atoms with van der Waals surface area (Å²) in [5, 5.41) is 0.912. The summed E-state index contributed by atoms with van der Waals surface area (Å²) in [6.07, 6.45) is -2.74. The Bertz CT molecular complexity index is 1210. The largest absolute Gasteiger partial charge is 0.451 e. The first kappa shape index (κ1) is 26.3. The second-order valence-corrected chi connectivity index (χ2v) is 9.46. The fraction of sp³-hybridized carbons (Fsp3) is 0.480. The van der Waals surface area contributed by atoms with Gasteiger partial charge in [-0.05, 0) is 50.6 Å². The van der Waals surface area contributed by atoms with Crippen molar-refractivity contribution in [1.82, 2.24) is 19.8 Å². The van der Waals surface area contributed by atoms with Gasteiger partial charge in [0.1, 0.15) is 12.0 Å². The molecule has 2 atom stereocenters. The number of benzene rings is 1. The molecule has 194 valence electrons. The summed E-state index contributed by atoms with van der Waals surface area (Å²) in [6, 6.07) is 6.91. The van der Waals surface area contributed by atoms with Gasteiger partial charge in [-0.3, -0.25) is 9.69 Å². The topological polar surface area (TPSA) is 52.6 Å². The molecule has 2 saturated heterocycles. The summed E-state index contributed by atoms with van der Waals surface area (Å²) in [7, 11) is 0. The Kier molecular flexibility index (Phi) is 7.85. The lowest BCUT2D eigenvalue weighted by molar-refractivity contribution is -0.145.